The fourth-order valence-electron chi connectivity index (χ4n) is 3.85. The molecule has 0 saturated carbocycles. The normalized spacial score (nSPS) is 24.0. The number of hydrogen-bond donors (Lipinski definition) is 1. The van der Waals surface area contributed by atoms with E-state index < -0.39 is 0 Å². The van der Waals surface area contributed by atoms with Crippen LogP contribution in [0.25, 0.3) is 5.78 Å². The number of piperidine rings is 1. The zero-order valence-corrected chi connectivity index (χ0v) is 13.8. The van der Waals surface area contributed by atoms with Crippen LogP contribution in [0, 0.1) is 13.8 Å². The molecule has 124 valence electrons. The van der Waals surface area contributed by atoms with Crippen LogP contribution in [-0.4, -0.2) is 67.9 Å². The molecular weight excluding hydrogens is 292 g/mol. The molecule has 0 bridgehead atoms. The molecule has 0 aliphatic carbocycles. The fraction of sp³-hybridized carbons (Fsp3) is 0.688. The molecule has 7 heteroatoms. The van der Waals surface area contributed by atoms with Crippen molar-refractivity contribution in [2.24, 2.45) is 0 Å². The predicted molar refractivity (Wildman–Crippen MR) is 87.7 cm³/mol. The minimum atomic E-state index is -0.131. The highest BCUT2D eigenvalue weighted by Crippen LogP contribution is 2.25. The van der Waals surface area contributed by atoms with Gasteiger partial charge < -0.3 is 10.0 Å². The summed E-state index contributed by atoms with van der Waals surface area (Å²) in [5, 5.41) is 14.2. The van der Waals surface area contributed by atoms with Gasteiger partial charge in [-0.2, -0.15) is 9.50 Å². The van der Waals surface area contributed by atoms with Gasteiger partial charge in [-0.25, -0.2) is 4.98 Å². The molecule has 0 spiro atoms. The molecule has 2 aromatic rings. The summed E-state index contributed by atoms with van der Waals surface area (Å²) in [6.45, 7) is 7.80. The molecule has 1 atom stereocenters. The molecular formula is C16H24N6O. The molecule has 2 saturated heterocycles. The van der Waals surface area contributed by atoms with Gasteiger partial charge in [-0.1, -0.05) is 0 Å². The zero-order chi connectivity index (χ0) is 16.0. The first-order valence-corrected chi connectivity index (χ1v) is 8.48. The highest BCUT2D eigenvalue weighted by Gasteiger charge is 2.30. The third kappa shape index (κ3) is 2.79. The Labute approximate surface area is 135 Å². The highest BCUT2D eigenvalue weighted by molar-refractivity contribution is 5.48. The van der Waals surface area contributed by atoms with E-state index in [1.807, 2.05) is 18.4 Å². The number of rotatable bonds is 2. The van der Waals surface area contributed by atoms with Crippen molar-refractivity contribution in [3.05, 3.63) is 17.6 Å². The number of nitrogens with zero attached hydrogens (tertiary/aromatic N) is 6. The number of hydrogen-bond acceptors (Lipinski definition) is 6. The molecule has 23 heavy (non-hydrogen) atoms. The number of aromatic nitrogens is 4. The molecule has 0 amide bonds. The van der Waals surface area contributed by atoms with Crippen LogP contribution in [0.4, 0.5) is 5.82 Å². The van der Waals surface area contributed by atoms with Gasteiger partial charge in [0.25, 0.3) is 5.78 Å². The second-order valence-corrected chi connectivity index (χ2v) is 6.78. The van der Waals surface area contributed by atoms with Crippen molar-refractivity contribution in [2.75, 3.05) is 31.1 Å². The standard InChI is InChI=1S/C16H24N6O/c1-11-9-15(22-16(17-11)18-12(2)19-22)20-6-3-13(4-7-20)21-8-5-14(23)10-21/h9,13-14,23H,3-8,10H2,1-2H3. The molecule has 1 N–H and O–H groups in total. The summed E-state index contributed by atoms with van der Waals surface area (Å²) in [5.41, 5.74) is 0.977. The molecule has 2 aliphatic heterocycles. The van der Waals surface area contributed by atoms with E-state index in [0.29, 0.717) is 11.8 Å². The Morgan fingerprint density at radius 2 is 1.87 bits per heavy atom. The molecule has 1 unspecified atom stereocenters. The molecule has 2 fully saturated rings. The van der Waals surface area contributed by atoms with E-state index in [2.05, 4.69) is 30.9 Å². The maximum Gasteiger partial charge on any atom is 0.254 e. The van der Waals surface area contributed by atoms with Gasteiger partial charge in [0.2, 0.25) is 0 Å². The van der Waals surface area contributed by atoms with Crippen LogP contribution in [-0.2, 0) is 0 Å². The van der Waals surface area contributed by atoms with Gasteiger partial charge in [-0.05, 0) is 33.1 Å². The molecule has 7 nitrogen and oxygen atoms in total. The van der Waals surface area contributed by atoms with E-state index in [0.717, 1.165) is 62.8 Å². The number of likely N-dealkylation sites (tertiary alicyclic amines) is 1. The maximum absolute atomic E-state index is 9.73. The molecule has 2 aliphatic rings. The average molecular weight is 316 g/mol. The second kappa shape index (κ2) is 5.72. The summed E-state index contributed by atoms with van der Waals surface area (Å²) in [5.74, 6) is 2.53. The number of anilines is 1. The largest absolute Gasteiger partial charge is 0.392 e. The van der Waals surface area contributed by atoms with Crippen LogP contribution in [0.5, 0.6) is 0 Å². The van der Waals surface area contributed by atoms with Gasteiger partial charge in [0.1, 0.15) is 11.6 Å². The van der Waals surface area contributed by atoms with Crippen molar-refractivity contribution in [3.8, 4) is 0 Å². The predicted octanol–water partition coefficient (Wildman–Crippen LogP) is 0.777. The molecule has 4 heterocycles. The minimum Gasteiger partial charge on any atom is -0.392 e. The van der Waals surface area contributed by atoms with E-state index in [4.69, 9.17) is 0 Å². The Balaban J connectivity index is 1.52. The lowest BCUT2D eigenvalue weighted by Crippen LogP contribution is -2.44. The van der Waals surface area contributed by atoms with Gasteiger partial charge in [0.05, 0.1) is 6.10 Å². The van der Waals surface area contributed by atoms with Crippen LogP contribution < -0.4 is 4.90 Å². The second-order valence-electron chi connectivity index (χ2n) is 6.78. The first-order chi connectivity index (χ1) is 11.1. The summed E-state index contributed by atoms with van der Waals surface area (Å²) in [6.07, 6.45) is 3.04. The smallest absolute Gasteiger partial charge is 0.254 e. The average Bonchev–Trinajstić information content (AvgIpc) is 3.11. The van der Waals surface area contributed by atoms with Gasteiger partial charge in [0.15, 0.2) is 0 Å². The number of β-amino-alcohol motifs (C(OH)–C–C–N with tert-alkyl or cyclic N) is 1. The fourth-order valence-corrected chi connectivity index (χ4v) is 3.85. The van der Waals surface area contributed by atoms with Gasteiger partial charge >= 0.3 is 0 Å². The Kier molecular flexibility index (Phi) is 3.69. The zero-order valence-electron chi connectivity index (χ0n) is 13.8. The summed E-state index contributed by atoms with van der Waals surface area (Å²) < 4.78 is 1.86. The monoisotopic (exact) mass is 316 g/mol. The molecule has 0 radical (unpaired) electrons. The first-order valence-electron chi connectivity index (χ1n) is 8.48. The Hall–Kier alpha value is -1.73. The summed E-state index contributed by atoms with van der Waals surface area (Å²) >= 11 is 0. The lowest BCUT2D eigenvalue weighted by Gasteiger charge is -2.37. The summed E-state index contributed by atoms with van der Waals surface area (Å²) in [7, 11) is 0. The van der Waals surface area contributed by atoms with Crippen LogP contribution in [0.1, 0.15) is 30.8 Å². The molecule has 0 aromatic carbocycles. The van der Waals surface area contributed by atoms with Crippen LogP contribution in [0.15, 0.2) is 6.07 Å². The van der Waals surface area contributed by atoms with Gasteiger partial charge in [-0.15, -0.1) is 5.10 Å². The quantitative estimate of drug-likeness (QED) is 0.883. The lowest BCUT2D eigenvalue weighted by molar-refractivity contribution is 0.148. The summed E-state index contributed by atoms with van der Waals surface area (Å²) in [6, 6.07) is 2.69. The van der Waals surface area contributed by atoms with E-state index in [9.17, 15) is 5.11 Å². The third-order valence-corrected chi connectivity index (χ3v) is 5.03. The SMILES string of the molecule is Cc1cc(N2CCC(N3CCC(O)C3)CC2)n2nc(C)nc2n1. The summed E-state index contributed by atoms with van der Waals surface area (Å²) in [4.78, 5) is 13.7. The number of aliphatic hydroxyl groups excluding tert-OH is 1. The van der Waals surface area contributed by atoms with Crippen LogP contribution in [0.3, 0.4) is 0 Å². The van der Waals surface area contributed by atoms with Gasteiger partial charge in [-0.3, -0.25) is 4.90 Å². The minimum absolute atomic E-state index is 0.131. The van der Waals surface area contributed by atoms with Crippen LogP contribution in [0.2, 0.25) is 0 Å². The van der Waals surface area contributed by atoms with Crippen molar-refractivity contribution in [1.82, 2.24) is 24.5 Å². The topological polar surface area (TPSA) is 69.8 Å². The maximum atomic E-state index is 9.73. The van der Waals surface area contributed by atoms with Crippen molar-refractivity contribution in [1.29, 1.82) is 0 Å². The lowest BCUT2D eigenvalue weighted by atomic mass is 10.0. The van der Waals surface area contributed by atoms with E-state index in [1.165, 1.54) is 0 Å². The highest BCUT2D eigenvalue weighted by atomic mass is 16.3. The van der Waals surface area contributed by atoms with E-state index in [-0.39, 0.29) is 6.10 Å². The Morgan fingerprint density at radius 3 is 2.57 bits per heavy atom. The van der Waals surface area contributed by atoms with E-state index in [1.54, 1.807) is 0 Å². The first kappa shape index (κ1) is 14.8. The number of aryl methyl sites for hydroxylation is 2. The van der Waals surface area contributed by atoms with Crippen molar-refractivity contribution in [2.45, 2.75) is 45.3 Å². The number of fused-ring (bicyclic) bond motifs is 1. The Bertz CT molecular complexity index is 706. The van der Waals surface area contributed by atoms with Crippen molar-refractivity contribution in [3.63, 3.8) is 0 Å². The molecule has 2 aromatic heterocycles. The van der Waals surface area contributed by atoms with Gasteiger partial charge in [0, 0.05) is 44.0 Å². The third-order valence-electron chi connectivity index (χ3n) is 5.03. The van der Waals surface area contributed by atoms with Crippen molar-refractivity contribution < 1.29 is 5.11 Å². The number of aliphatic hydroxyl groups is 1. The van der Waals surface area contributed by atoms with Crippen molar-refractivity contribution >= 4 is 11.6 Å². The molecule has 4 rings (SSSR count). The van der Waals surface area contributed by atoms with E-state index >= 15 is 0 Å². The Morgan fingerprint density at radius 1 is 1.09 bits per heavy atom. The van der Waals surface area contributed by atoms with Crippen LogP contribution >= 0.6 is 0 Å².